The van der Waals surface area contributed by atoms with E-state index < -0.39 is 0 Å². The van der Waals surface area contributed by atoms with Crippen LogP contribution in [0, 0.1) is 0 Å². The summed E-state index contributed by atoms with van der Waals surface area (Å²) >= 11 is 0. The maximum atomic E-state index is 13.1. The van der Waals surface area contributed by atoms with Crippen molar-refractivity contribution in [3.05, 3.63) is 48.0 Å². The van der Waals surface area contributed by atoms with Crippen LogP contribution in [0.5, 0.6) is 11.5 Å². The minimum atomic E-state index is -0.177. The second kappa shape index (κ2) is 10.4. The van der Waals surface area contributed by atoms with Crippen LogP contribution in [0.4, 0.5) is 0 Å². The number of hydrogen-bond acceptors (Lipinski definition) is 6. The summed E-state index contributed by atoms with van der Waals surface area (Å²) in [6.07, 6.45) is 4.44. The lowest BCUT2D eigenvalue weighted by atomic mass is 10.0. The van der Waals surface area contributed by atoms with Crippen LogP contribution >= 0.6 is 0 Å². The first-order chi connectivity index (χ1) is 15.3. The number of carbonyl (C=O) groups excluding carboxylic acids is 2. The second-order valence-electron chi connectivity index (χ2n) is 8.47. The van der Waals surface area contributed by atoms with Crippen molar-refractivity contribution < 1.29 is 19.1 Å². The van der Waals surface area contributed by atoms with Crippen molar-refractivity contribution in [3.63, 3.8) is 0 Å². The van der Waals surface area contributed by atoms with E-state index in [4.69, 9.17) is 9.47 Å². The first kappa shape index (κ1) is 23.5. The fraction of sp³-hybridized carbons (Fsp3) is 0.500. The maximum Gasteiger partial charge on any atom is 0.276 e. The van der Waals surface area contributed by atoms with Gasteiger partial charge in [-0.3, -0.25) is 9.59 Å². The van der Waals surface area contributed by atoms with Gasteiger partial charge in [-0.15, -0.1) is 0 Å². The van der Waals surface area contributed by atoms with Gasteiger partial charge in [0.05, 0.1) is 12.2 Å². The summed E-state index contributed by atoms with van der Waals surface area (Å²) in [7, 11) is 1.78. The van der Waals surface area contributed by atoms with Crippen LogP contribution in [-0.2, 0) is 0 Å². The van der Waals surface area contributed by atoms with Gasteiger partial charge in [0.25, 0.3) is 11.8 Å². The van der Waals surface area contributed by atoms with Crippen LogP contribution in [0.15, 0.2) is 36.7 Å². The Kier molecular flexibility index (Phi) is 7.66. The van der Waals surface area contributed by atoms with Crippen LogP contribution in [0.25, 0.3) is 0 Å². The molecular formula is C24H32N4O4. The normalized spacial score (nSPS) is 14.5. The first-order valence-electron chi connectivity index (χ1n) is 11.1. The molecule has 3 rings (SSSR count). The van der Waals surface area contributed by atoms with Gasteiger partial charge in [0.1, 0.15) is 0 Å². The van der Waals surface area contributed by atoms with Gasteiger partial charge in [-0.25, -0.2) is 9.97 Å². The number of amides is 2. The lowest BCUT2D eigenvalue weighted by Gasteiger charge is -2.36. The van der Waals surface area contributed by atoms with E-state index in [2.05, 4.69) is 9.97 Å². The zero-order valence-electron chi connectivity index (χ0n) is 19.4. The standard InChI is InChI=1S/C24H32N4O4/c1-16(2)31-19-8-6-12-25-21(19)23(29)27(5)18-10-14-28(15-11-18)24(30)22-20(32-17(3)4)9-7-13-26-22/h6-9,12-13,16-18H,10-11,14-15H2,1-5H3. The predicted octanol–water partition coefficient (Wildman–Crippen LogP) is 3.43. The third-order valence-electron chi connectivity index (χ3n) is 5.29. The summed E-state index contributed by atoms with van der Waals surface area (Å²) in [6, 6.07) is 7.06. The van der Waals surface area contributed by atoms with Crippen molar-refractivity contribution in [2.24, 2.45) is 0 Å². The molecule has 0 N–H and O–H groups in total. The van der Waals surface area contributed by atoms with E-state index in [9.17, 15) is 9.59 Å². The highest BCUT2D eigenvalue weighted by Crippen LogP contribution is 2.25. The fourth-order valence-electron chi connectivity index (χ4n) is 3.74. The molecule has 0 radical (unpaired) electrons. The van der Waals surface area contributed by atoms with Gasteiger partial charge in [-0.2, -0.15) is 0 Å². The molecule has 8 heteroatoms. The van der Waals surface area contributed by atoms with E-state index in [1.807, 2.05) is 27.7 Å². The monoisotopic (exact) mass is 440 g/mol. The molecule has 3 heterocycles. The largest absolute Gasteiger partial charge is 0.489 e. The minimum absolute atomic E-state index is 0.00979. The van der Waals surface area contributed by atoms with Gasteiger partial charge in [0.15, 0.2) is 22.9 Å². The summed E-state index contributed by atoms with van der Waals surface area (Å²) < 4.78 is 11.5. The zero-order chi connectivity index (χ0) is 23.3. The molecule has 0 saturated carbocycles. The molecule has 0 bridgehead atoms. The topological polar surface area (TPSA) is 84.9 Å². The highest BCUT2D eigenvalue weighted by Gasteiger charge is 2.31. The molecule has 8 nitrogen and oxygen atoms in total. The number of nitrogens with zero attached hydrogens (tertiary/aromatic N) is 4. The van der Waals surface area contributed by atoms with E-state index in [-0.39, 0.29) is 30.1 Å². The number of rotatable bonds is 7. The van der Waals surface area contributed by atoms with Crippen LogP contribution in [0.2, 0.25) is 0 Å². The Morgan fingerprint density at radius 1 is 0.938 bits per heavy atom. The Morgan fingerprint density at radius 3 is 1.97 bits per heavy atom. The smallest absolute Gasteiger partial charge is 0.276 e. The van der Waals surface area contributed by atoms with Crippen LogP contribution in [0.3, 0.4) is 0 Å². The lowest BCUT2D eigenvalue weighted by Crippen LogP contribution is -2.47. The minimum Gasteiger partial charge on any atom is -0.489 e. The number of likely N-dealkylation sites (tertiary alicyclic amines) is 1. The summed E-state index contributed by atoms with van der Waals surface area (Å²) in [6.45, 7) is 8.73. The third kappa shape index (κ3) is 5.55. The molecule has 0 aliphatic carbocycles. The Bertz CT molecular complexity index is 939. The van der Waals surface area contributed by atoms with Crippen molar-refractivity contribution in [2.45, 2.75) is 58.8 Å². The van der Waals surface area contributed by atoms with Gasteiger partial charge in [0.2, 0.25) is 0 Å². The fourth-order valence-corrected chi connectivity index (χ4v) is 3.74. The zero-order valence-corrected chi connectivity index (χ0v) is 19.4. The van der Waals surface area contributed by atoms with Crippen molar-refractivity contribution in [1.82, 2.24) is 19.8 Å². The first-order valence-corrected chi connectivity index (χ1v) is 11.1. The van der Waals surface area contributed by atoms with Gasteiger partial charge in [0, 0.05) is 38.6 Å². The van der Waals surface area contributed by atoms with E-state index in [0.29, 0.717) is 48.8 Å². The van der Waals surface area contributed by atoms with Crippen molar-refractivity contribution in [1.29, 1.82) is 0 Å². The van der Waals surface area contributed by atoms with Crippen LogP contribution < -0.4 is 9.47 Å². The quantitative estimate of drug-likeness (QED) is 0.656. The van der Waals surface area contributed by atoms with Crippen molar-refractivity contribution >= 4 is 11.8 Å². The second-order valence-corrected chi connectivity index (χ2v) is 8.47. The molecule has 0 unspecified atom stereocenters. The van der Waals surface area contributed by atoms with E-state index >= 15 is 0 Å². The van der Waals surface area contributed by atoms with E-state index in [1.54, 1.807) is 53.5 Å². The van der Waals surface area contributed by atoms with Gasteiger partial charge in [-0.05, 0) is 64.8 Å². The predicted molar refractivity (Wildman–Crippen MR) is 121 cm³/mol. The third-order valence-corrected chi connectivity index (χ3v) is 5.29. The number of aromatic nitrogens is 2. The summed E-state index contributed by atoms with van der Waals surface area (Å²) in [5, 5.41) is 0. The lowest BCUT2D eigenvalue weighted by molar-refractivity contribution is 0.0557. The Labute approximate surface area is 189 Å². The summed E-state index contributed by atoms with van der Waals surface area (Å²) in [5.74, 6) is 0.656. The number of hydrogen-bond donors (Lipinski definition) is 0. The van der Waals surface area contributed by atoms with E-state index in [0.717, 1.165) is 0 Å². The number of carbonyl (C=O) groups is 2. The summed E-state index contributed by atoms with van der Waals surface area (Å²) in [4.78, 5) is 38.2. The molecule has 2 aromatic heterocycles. The number of piperidine rings is 1. The highest BCUT2D eigenvalue weighted by molar-refractivity contribution is 5.96. The average molecular weight is 441 g/mol. The van der Waals surface area contributed by atoms with Gasteiger partial charge >= 0.3 is 0 Å². The molecule has 0 atom stereocenters. The number of pyridine rings is 2. The highest BCUT2D eigenvalue weighted by atomic mass is 16.5. The van der Waals surface area contributed by atoms with Gasteiger partial charge < -0.3 is 19.3 Å². The van der Waals surface area contributed by atoms with Crippen molar-refractivity contribution in [2.75, 3.05) is 20.1 Å². The summed E-state index contributed by atoms with van der Waals surface area (Å²) in [5.41, 5.74) is 0.638. The molecule has 1 fully saturated rings. The Morgan fingerprint density at radius 2 is 1.44 bits per heavy atom. The Hall–Kier alpha value is -3.16. The average Bonchev–Trinajstić information content (AvgIpc) is 2.78. The molecule has 172 valence electrons. The molecular weight excluding hydrogens is 408 g/mol. The molecule has 32 heavy (non-hydrogen) atoms. The van der Waals surface area contributed by atoms with E-state index in [1.165, 1.54) is 0 Å². The maximum absolute atomic E-state index is 13.1. The SMILES string of the molecule is CC(C)Oc1cccnc1C(=O)N1CCC(N(C)C(=O)c2ncccc2OC(C)C)CC1. The molecule has 2 aromatic rings. The number of ether oxygens (including phenoxy) is 2. The molecule has 0 spiro atoms. The molecule has 1 saturated heterocycles. The molecule has 0 aromatic carbocycles. The molecule has 2 amide bonds. The van der Waals surface area contributed by atoms with Crippen LogP contribution in [-0.4, -0.2) is 70.0 Å². The Balaban J connectivity index is 1.65. The molecule has 1 aliphatic rings. The van der Waals surface area contributed by atoms with Crippen LogP contribution in [0.1, 0.15) is 61.5 Å². The molecule has 1 aliphatic heterocycles. The van der Waals surface area contributed by atoms with Crippen molar-refractivity contribution in [3.8, 4) is 11.5 Å². The van der Waals surface area contributed by atoms with Gasteiger partial charge in [-0.1, -0.05) is 0 Å².